The van der Waals surface area contributed by atoms with E-state index >= 15 is 0 Å². The molecule has 3 rings (SSSR count). The maximum atomic E-state index is 12.5. The molecule has 1 aromatic heterocycles. The van der Waals surface area contributed by atoms with Gasteiger partial charge in [-0.15, -0.1) is 0 Å². The van der Waals surface area contributed by atoms with E-state index in [-0.39, 0.29) is 5.91 Å². The molecule has 1 unspecified atom stereocenters. The Morgan fingerprint density at radius 1 is 1.50 bits per heavy atom. The Morgan fingerprint density at radius 2 is 2.25 bits per heavy atom. The summed E-state index contributed by atoms with van der Waals surface area (Å²) >= 11 is 3.42. The third kappa shape index (κ3) is 2.25. The fraction of sp³-hybridized carbons (Fsp3) is 0.400. The van der Waals surface area contributed by atoms with Gasteiger partial charge in [0.05, 0.1) is 5.60 Å². The highest BCUT2D eigenvalue weighted by Crippen LogP contribution is 2.30. The van der Waals surface area contributed by atoms with Gasteiger partial charge < -0.3 is 14.4 Å². The topological polar surface area (TPSA) is 53.7 Å². The zero-order valence-electron chi connectivity index (χ0n) is 11.4. The number of β-amino-alcohol motifs (C(OH)–C–C–N with tert-alkyl or cyclic N) is 1. The molecule has 4 nitrogen and oxygen atoms in total. The lowest BCUT2D eigenvalue weighted by atomic mass is 10.1. The summed E-state index contributed by atoms with van der Waals surface area (Å²) in [5, 5.41) is 10.9. The van der Waals surface area contributed by atoms with Crippen molar-refractivity contribution in [2.45, 2.75) is 25.9 Å². The minimum absolute atomic E-state index is 0.146. The average molecular weight is 338 g/mol. The molecule has 5 heteroatoms. The van der Waals surface area contributed by atoms with Crippen molar-refractivity contribution < 1.29 is 14.3 Å². The molecule has 20 heavy (non-hydrogen) atoms. The van der Waals surface area contributed by atoms with E-state index in [1.54, 1.807) is 11.8 Å². The summed E-state index contributed by atoms with van der Waals surface area (Å²) in [6.07, 6.45) is 0.601. The number of aryl methyl sites for hydroxylation is 1. The number of carbonyl (C=O) groups excluding carboxylic acids is 1. The van der Waals surface area contributed by atoms with Crippen LogP contribution < -0.4 is 0 Å². The number of aliphatic hydroxyl groups is 1. The molecule has 2 heterocycles. The van der Waals surface area contributed by atoms with Crippen LogP contribution in [-0.4, -0.2) is 34.6 Å². The van der Waals surface area contributed by atoms with Gasteiger partial charge in [-0.25, -0.2) is 0 Å². The van der Waals surface area contributed by atoms with Gasteiger partial charge in [0.15, 0.2) is 5.76 Å². The molecule has 0 saturated carbocycles. The fourth-order valence-corrected chi connectivity index (χ4v) is 3.02. The van der Waals surface area contributed by atoms with Crippen LogP contribution in [0.3, 0.4) is 0 Å². The third-order valence-electron chi connectivity index (χ3n) is 3.83. The quantitative estimate of drug-likeness (QED) is 0.869. The number of hydrogen-bond acceptors (Lipinski definition) is 3. The van der Waals surface area contributed by atoms with Crippen molar-refractivity contribution in [2.75, 3.05) is 13.1 Å². The fourth-order valence-electron chi connectivity index (χ4n) is 2.66. The Hall–Kier alpha value is -1.33. The molecule has 1 saturated heterocycles. The lowest BCUT2D eigenvalue weighted by Crippen LogP contribution is -2.33. The molecule has 106 valence electrons. The molecule has 1 atom stereocenters. The summed E-state index contributed by atoms with van der Waals surface area (Å²) < 4.78 is 6.66. The van der Waals surface area contributed by atoms with E-state index in [1.807, 2.05) is 25.1 Å². The van der Waals surface area contributed by atoms with Gasteiger partial charge in [-0.3, -0.25) is 4.79 Å². The molecule has 1 aliphatic heterocycles. The van der Waals surface area contributed by atoms with Gasteiger partial charge in [-0.05, 0) is 38.5 Å². The molecule has 1 amide bonds. The summed E-state index contributed by atoms with van der Waals surface area (Å²) in [6.45, 7) is 4.56. The Balaban J connectivity index is 1.98. The van der Waals surface area contributed by atoms with Crippen molar-refractivity contribution in [3.05, 3.63) is 34.0 Å². The smallest absolute Gasteiger partial charge is 0.289 e. The largest absolute Gasteiger partial charge is 0.451 e. The molecule has 0 spiro atoms. The Labute approximate surface area is 125 Å². The van der Waals surface area contributed by atoms with E-state index in [1.165, 1.54) is 0 Å². The first-order valence-electron chi connectivity index (χ1n) is 6.58. The number of carbonyl (C=O) groups is 1. The van der Waals surface area contributed by atoms with Crippen LogP contribution in [-0.2, 0) is 0 Å². The molecule has 1 aliphatic rings. The number of halogens is 1. The van der Waals surface area contributed by atoms with E-state index in [2.05, 4.69) is 15.9 Å². The van der Waals surface area contributed by atoms with Crippen LogP contribution in [0.2, 0.25) is 0 Å². The predicted octanol–water partition coefficient (Wildman–Crippen LogP) is 3.10. The maximum Gasteiger partial charge on any atom is 0.289 e. The molecule has 2 aromatic rings. The second-order valence-electron chi connectivity index (χ2n) is 5.67. The maximum absolute atomic E-state index is 12.5. The number of fused-ring (bicyclic) bond motifs is 1. The van der Waals surface area contributed by atoms with Crippen molar-refractivity contribution >= 4 is 32.8 Å². The molecular weight excluding hydrogens is 322 g/mol. The predicted molar refractivity (Wildman–Crippen MR) is 79.8 cm³/mol. The summed E-state index contributed by atoms with van der Waals surface area (Å²) in [7, 11) is 0. The molecule has 0 radical (unpaired) electrons. The van der Waals surface area contributed by atoms with Crippen molar-refractivity contribution in [1.82, 2.24) is 4.90 Å². The standard InChI is InChI=1S/C15H16BrNO3/c1-9-11-7-10(16)3-4-12(11)20-13(9)14(18)17-6-5-15(2,19)8-17/h3-4,7,19H,5-6,8H2,1-2H3. The third-order valence-corrected chi connectivity index (χ3v) is 4.32. The summed E-state index contributed by atoms with van der Waals surface area (Å²) in [5.41, 5.74) is 0.761. The normalized spacial score (nSPS) is 22.7. The summed E-state index contributed by atoms with van der Waals surface area (Å²) in [4.78, 5) is 14.2. The number of nitrogens with zero attached hydrogens (tertiary/aromatic N) is 1. The summed E-state index contributed by atoms with van der Waals surface area (Å²) in [5.74, 6) is 0.225. The summed E-state index contributed by atoms with van der Waals surface area (Å²) in [6, 6.07) is 5.69. The molecule has 1 aromatic carbocycles. The number of rotatable bonds is 1. The number of furan rings is 1. The van der Waals surface area contributed by atoms with Gasteiger partial charge >= 0.3 is 0 Å². The first kappa shape index (κ1) is 13.6. The highest BCUT2D eigenvalue weighted by molar-refractivity contribution is 9.10. The number of likely N-dealkylation sites (tertiary alicyclic amines) is 1. The zero-order chi connectivity index (χ0) is 14.5. The van der Waals surface area contributed by atoms with E-state index in [0.717, 1.165) is 15.4 Å². The second kappa shape index (κ2) is 4.60. The van der Waals surface area contributed by atoms with Crippen molar-refractivity contribution in [1.29, 1.82) is 0 Å². The van der Waals surface area contributed by atoms with Crippen molar-refractivity contribution in [3.63, 3.8) is 0 Å². The molecule has 0 bridgehead atoms. The first-order valence-corrected chi connectivity index (χ1v) is 7.37. The van der Waals surface area contributed by atoms with Gasteiger partial charge in [0.25, 0.3) is 5.91 Å². The number of benzene rings is 1. The lowest BCUT2D eigenvalue weighted by Gasteiger charge is -2.18. The Kier molecular flexibility index (Phi) is 3.14. The monoisotopic (exact) mass is 337 g/mol. The van der Waals surface area contributed by atoms with Crippen LogP contribution in [0.1, 0.15) is 29.5 Å². The second-order valence-corrected chi connectivity index (χ2v) is 6.59. The first-order chi connectivity index (χ1) is 9.37. The van der Waals surface area contributed by atoms with E-state index < -0.39 is 5.60 Å². The Bertz CT molecular complexity index is 690. The highest BCUT2D eigenvalue weighted by Gasteiger charge is 2.36. The van der Waals surface area contributed by atoms with Crippen molar-refractivity contribution in [3.8, 4) is 0 Å². The molecule has 0 aliphatic carbocycles. The van der Waals surface area contributed by atoms with Crippen LogP contribution in [0, 0.1) is 6.92 Å². The van der Waals surface area contributed by atoms with Gasteiger partial charge in [-0.2, -0.15) is 0 Å². The van der Waals surface area contributed by atoms with Crippen LogP contribution in [0.4, 0.5) is 0 Å². The van der Waals surface area contributed by atoms with Gasteiger partial charge in [0, 0.05) is 28.5 Å². The molecule has 1 fully saturated rings. The van der Waals surface area contributed by atoms with E-state index in [9.17, 15) is 9.90 Å². The number of hydrogen-bond donors (Lipinski definition) is 1. The highest BCUT2D eigenvalue weighted by atomic mass is 79.9. The van der Waals surface area contributed by atoms with Gasteiger partial charge in [0.1, 0.15) is 5.58 Å². The minimum atomic E-state index is -0.793. The Morgan fingerprint density at radius 3 is 2.90 bits per heavy atom. The number of amides is 1. The van der Waals surface area contributed by atoms with E-state index in [4.69, 9.17) is 4.42 Å². The van der Waals surface area contributed by atoms with Crippen LogP contribution in [0.5, 0.6) is 0 Å². The van der Waals surface area contributed by atoms with Crippen LogP contribution >= 0.6 is 15.9 Å². The van der Waals surface area contributed by atoms with Crippen LogP contribution in [0.25, 0.3) is 11.0 Å². The SMILES string of the molecule is Cc1c(C(=O)N2CCC(C)(O)C2)oc2ccc(Br)cc12. The molecule has 1 N–H and O–H groups in total. The van der Waals surface area contributed by atoms with Gasteiger partial charge in [-0.1, -0.05) is 15.9 Å². The minimum Gasteiger partial charge on any atom is -0.451 e. The van der Waals surface area contributed by atoms with E-state index in [0.29, 0.717) is 30.9 Å². The van der Waals surface area contributed by atoms with Crippen molar-refractivity contribution in [2.24, 2.45) is 0 Å². The van der Waals surface area contributed by atoms with Gasteiger partial charge in [0.2, 0.25) is 0 Å². The average Bonchev–Trinajstić information content (AvgIpc) is 2.90. The zero-order valence-corrected chi connectivity index (χ0v) is 13.0. The van der Waals surface area contributed by atoms with Crippen LogP contribution in [0.15, 0.2) is 27.1 Å². The molecular formula is C15H16BrNO3. The lowest BCUT2D eigenvalue weighted by molar-refractivity contribution is 0.0555.